The Balaban J connectivity index is 1.77. The number of nitrogens with zero attached hydrogens (tertiary/aromatic N) is 3. The Morgan fingerprint density at radius 2 is 1.77 bits per heavy atom. The molecule has 0 saturated carbocycles. The molecule has 0 unspecified atom stereocenters. The summed E-state index contributed by atoms with van der Waals surface area (Å²) < 4.78 is 1.91. The molecule has 1 aromatic heterocycles. The first-order valence-electron chi connectivity index (χ1n) is 11.6. The lowest BCUT2D eigenvalue weighted by molar-refractivity contribution is -0.113. The third kappa shape index (κ3) is 6.60. The third-order valence-electron chi connectivity index (χ3n) is 5.65. The predicted molar refractivity (Wildman–Crippen MR) is 142 cm³/mol. The summed E-state index contributed by atoms with van der Waals surface area (Å²) in [6, 6.07) is 13.0. The summed E-state index contributed by atoms with van der Waals surface area (Å²) in [5, 5.41) is 15.5. The second-order valence-electron chi connectivity index (χ2n) is 8.91. The normalized spacial score (nSPS) is 11.8. The fourth-order valence-corrected chi connectivity index (χ4v) is 4.55. The van der Waals surface area contributed by atoms with Crippen molar-refractivity contribution in [1.29, 1.82) is 0 Å². The summed E-state index contributed by atoms with van der Waals surface area (Å²) in [6.07, 6.45) is 1.76. The summed E-state index contributed by atoms with van der Waals surface area (Å²) in [6.45, 7) is 14.3. The molecule has 0 aliphatic heterocycles. The predicted octanol–water partition coefficient (Wildman–Crippen LogP) is 5.25. The molecule has 0 saturated heterocycles. The molecule has 2 N–H and O–H groups in total. The number of aromatic nitrogens is 3. The first kappa shape index (κ1) is 26.2. The van der Waals surface area contributed by atoms with E-state index < -0.39 is 0 Å². The van der Waals surface area contributed by atoms with Crippen LogP contribution in [0.3, 0.4) is 0 Å². The van der Waals surface area contributed by atoms with Crippen molar-refractivity contribution in [3.63, 3.8) is 0 Å². The van der Waals surface area contributed by atoms with Gasteiger partial charge in [0.15, 0.2) is 11.0 Å². The monoisotopic (exact) mass is 491 g/mol. The van der Waals surface area contributed by atoms with Crippen LogP contribution in [0.1, 0.15) is 52.8 Å². The maximum absolute atomic E-state index is 13.0. The summed E-state index contributed by atoms with van der Waals surface area (Å²) in [4.78, 5) is 25.6. The van der Waals surface area contributed by atoms with Crippen molar-refractivity contribution in [3.05, 3.63) is 83.2 Å². The summed E-state index contributed by atoms with van der Waals surface area (Å²) in [5.41, 5.74) is 4.49. The molecule has 2 amide bonds. The van der Waals surface area contributed by atoms with E-state index in [2.05, 4.69) is 27.4 Å². The third-order valence-corrected chi connectivity index (χ3v) is 6.61. The zero-order valence-electron chi connectivity index (χ0n) is 21.0. The van der Waals surface area contributed by atoms with Crippen molar-refractivity contribution in [2.45, 2.75) is 52.4 Å². The van der Waals surface area contributed by atoms with Crippen molar-refractivity contribution in [1.82, 2.24) is 20.1 Å². The Labute approximate surface area is 211 Å². The van der Waals surface area contributed by atoms with Crippen LogP contribution in [0.15, 0.2) is 60.3 Å². The molecule has 0 spiro atoms. The molecule has 8 heteroatoms. The lowest BCUT2D eigenvalue weighted by atomic mass is 10.0. The van der Waals surface area contributed by atoms with Gasteiger partial charge in [-0.2, -0.15) is 0 Å². The molecule has 0 aliphatic rings. The molecule has 0 radical (unpaired) electrons. The van der Waals surface area contributed by atoms with Crippen molar-refractivity contribution < 1.29 is 9.59 Å². The van der Waals surface area contributed by atoms with E-state index in [1.807, 2.05) is 75.6 Å². The van der Waals surface area contributed by atoms with E-state index in [-0.39, 0.29) is 29.5 Å². The van der Waals surface area contributed by atoms with Crippen LogP contribution in [0.25, 0.3) is 0 Å². The minimum atomic E-state index is -0.353. The molecule has 0 bridgehead atoms. The van der Waals surface area contributed by atoms with Crippen molar-refractivity contribution >= 4 is 29.3 Å². The van der Waals surface area contributed by atoms with Crippen LogP contribution in [0.5, 0.6) is 0 Å². The number of carbonyl (C=O) groups is 2. The zero-order chi connectivity index (χ0) is 25.5. The number of aryl methyl sites for hydroxylation is 3. The van der Waals surface area contributed by atoms with Crippen LogP contribution >= 0.6 is 11.8 Å². The number of thioether (sulfide) groups is 1. The van der Waals surface area contributed by atoms with Gasteiger partial charge in [-0.3, -0.25) is 9.59 Å². The summed E-state index contributed by atoms with van der Waals surface area (Å²) >= 11 is 1.31. The molecular formula is C27H33N5O2S. The maximum atomic E-state index is 13.0. The highest BCUT2D eigenvalue weighted by molar-refractivity contribution is 7.99. The van der Waals surface area contributed by atoms with Crippen LogP contribution < -0.4 is 10.6 Å². The molecule has 0 fully saturated rings. The molecule has 1 atom stereocenters. The topological polar surface area (TPSA) is 88.9 Å². The second kappa shape index (κ2) is 11.8. The fourth-order valence-electron chi connectivity index (χ4n) is 3.80. The van der Waals surface area contributed by atoms with Crippen LogP contribution in [-0.4, -0.2) is 32.3 Å². The highest BCUT2D eigenvalue weighted by Gasteiger charge is 2.26. The van der Waals surface area contributed by atoms with E-state index in [4.69, 9.17) is 0 Å². The Bertz CT molecular complexity index is 1200. The lowest BCUT2D eigenvalue weighted by Gasteiger charge is -2.22. The molecule has 2 aromatic carbocycles. The van der Waals surface area contributed by atoms with Crippen LogP contribution in [0.4, 0.5) is 5.69 Å². The number of amides is 2. The molecule has 0 aliphatic carbocycles. The molecule has 35 heavy (non-hydrogen) atoms. The van der Waals surface area contributed by atoms with Gasteiger partial charge in [0.1, 0.15) is 0 Å². The van der Waals surface area contributed by atoms with Gasteiger partial charge in [0.2, 0.25) is 5.91 Å². The van der Waals surface area contributed by atoms with E-state index in [1.54, 1.807) is 12.1 Å². The second-order valence-corrected chi connectivity index (χ2v) is 9.85. The van der Waals surface area contributed by atoms with E-state index in [0.717, 1.165) is 22.4 Å². The maximum Gasteiger partial charge on any atom is 0.251 e. The highest BCUT2D eigenvalue weighted by Crippen LogP contribution is 2.26. The van der Waals surface area contributed by atoms with Crippen LogP contribution in [-0.2, 0) is 11.3 Å². The number of benzene rings is 2. The number of hydrogen-bond acceptors (Lipinski definition) is 5. The standard InChI is InChI=1S/C27H33N5O2S/c1-7-14-32-25(23(17(2)3)29-26(34)21-13-8-10-18(4)15-21)30-31-27(32)35-16-22(33)28-24-19(5)11-9-12-20(24)6/h7-13,15,17,23H,1,14,16H2,2-6H3,(H,28,33)(H,29,34)/t23-/m0/s1. The number of nitrogens with one attached hydrogen (secondary N) is 2. The molecular weight excluding hydrogens is 458 g/mol. The number of rotatable bonds is 10. The number of allylic oxidation sites excluding steroid dienone is 1. The van der Waals surface area contributed by atoms with E-state index in [1.165, 1.54) is 11.8 Å². The van der Waals surface area contributed by atoms with E-state index >= 15 is 0 Å². The lowest BCUT2D eigenvalue weighted by Crippen LogP contribution is -2.34. The minimum absolute atomic E-state index is 0.0710. The molecule has 1 heterocycles. The zero-order valence-corrected chi connectivity index (χ0v) is 21.8. The fraction of sp³-hybridized carbons (Fsp3) is 0.333. The van der Waals surface area contributed by atoms with Gasteiger partial charge in [0.25, 0.3) is 5.91 Å². The van der Waals surface area contributed by atoms with Crippen molar-refractivity contribution in [2.75, 3.05) is 11.1 Å². The van der Waals surface area contributed by atoms with Crippen LogP contribution in [0, 0.1) is 26.7 Å². The molecule has 3 rings (SSSR count). The van der Waals surface area contributed by atoms with Gasteiger partial charge < -0.3 is 15.2 Å². The highest BCUT2D eigenvalue weighted by atomic mass is 32.2. The summed E-state index contributed by atoms with van der Waals surface area (Å²) in [5.74, 6) is 0.615. The van der Waals surface area contributed by atoms with Gasteiger partial charge in [-0.05, 0) is 49.9 Å². The SMILES string of the molecule is C=CCn1c(SCC(=O)Nc2c(C)cccc2C)nnc1[C@@H](NC(=O)c1cccc(C)c1)C(C)C. The average Bonchev–Trinajstić information content (AvgIpc) is 3.20. The van der Waals surface area contributed by atoms with Gasteiger partial charge in [-0.25, -0.2) is 0 Å². The molecule has 184 valence electrons. The van der Waals surface area contributed by atoms with Gasteiger partial charge in [-0.15, -0.1) is 16.8 Å². The van der Waals surface area contributed by atoms with E-state index in [0.29, 0.717) is 23.1 Å². The van der Waals surface area contributed by atoms with Gasteiger partial charge in [0, 0.05) is 17.8 Å². The van der Waals surface area contributed by atoms with Crippen molar-refractivity contribution in [2.24, 2.45) is 5.92 Å². The van der Waals surface area contributed by atoms with Gasteiger partial charge in [-0.1, -0.05) is 67.6 Å². The first-order chi connectivity index (χ1) is 16.7. The van der Waals surface area contributed by atoms with Crippen LogP contribution in [0.2, 0.25) is 0 Å². The minimum Gasteiger partial charge on any atom is -0.342 e. The largest absolute Gasteiger partial charge is 0.342 e. The Morgan fingerprint density at radius 1 is 1.09 bits per heavy atom. The summed E-state index contributed by atoms with van der Waals surface area (Å²) in [7, 11) is 0. The number of carbonyl (C=O) groups excluding carboxylic acids is 2. The van der Waals surface area contributed by atoms with Crippen molar-refractivity contribution in [3.8, 4) is 0 Å². The quantitative estimate of drug-likeness (QED) is 0.299. The van der Waals surface area contributed by atoms with Gasteiger partial charge >= 0.3 is 0 Å². The Morgan fingerprint density at radius 3 is 2.40 bits per heavy atom. The number of para-hydroxylation sites is 1. The Kier molecular flexibility index (Phi) is 8.87. The Hall–Kier alpha value is -3.39. The van der Waals surface area contributed by atoms with Gasteiger partial charge in [0.05, 0.1) is 11.8 Å². The molecule has 3 aromatic rings. The number of anilines is 1. The number of hydrogen-bond donors (Lipinski definition) is 2. The smallest absolute Gasteiger partial charge is 0.251 e. The first-order valence-corrected chi connectivity index (χ1v) is 12.6. The average molecular weight is 492 g/mol. The molecule has 7 nitrogen and oxygen atoms in total. The van der Waals surface area contributed by atoms with E-state index in [9.17, 15) is 9.59 Å².